The van der Waals surface area contributed by atoms with Crippen LogP contribution in [0.15, 0.2) is 65.6 Å². The molecule has 0 spiro atoms. The summed E-state index contributed by atoms with van der Waals surface area (Å²) in [5.74, 6) is 0.526. The van der Waals surface area contributed by atoms with Gasteiger partial charge in [-0.2, -0.15) is 5.26 Å². The van der Waals surface area contributed by atoms with Gasteiger partial charge in [-0.25, -0.2) is 4.98 Å². The molecule has 0 bridgehead atoms. The molecule has 162 valence electrons. The van der Waals surface area contributed by atoms with Crippen LogP contribution in [-0.2, 0) is 4.79 Å². The summed E-state index contributed by atoms with van der Waals surface area (Å²) in [6.07, 6.45) is 1.76. The van der Waals surface area contributed by atoms with E-state index in [1.807, 2.05) is 62.0 Å². The zero-order valence-electron chi connectivity index (χ0n) is 18.5. The van der Waals surface area contributed by atoms with Gasteiger partial charge in [0.15, 0.2) is 6.19 Å². The second-order valence-electron chi connectivity index (χ2n) is 8.64. The Balaban J connectivity index is 1.76. The number of hydrogen-bond acceptors (Lipinski definition) is 5. The van der Waals surface area contributed by atoms with Gasteiger partial charge in [0.1, 0.15) is 5.75 Å². The van der Waals surface area contributed by atoms with E-state index in [4.69, 9.17) is 15.0 Å². The van der Waals surface area contributed by atoms with Gasteiger partial charge < -0.3 is 4.74 Å². The lowest BCUT2D eigenvalue weighted by atomic mass is 9.69. The zero-order valence-corrected chi connectivity index (χ0v) is 19.4. The molecule has 0 radical (unpaired) electrons. The van der Waals surface area contributed by atoms with Crippen LogP contribution in [0.5, 0.6) is 11.6 Å². The highest BCUT2D eigenvalue weighted by atomic mass is 32.2. The van der Waals surface area contributed by atoms with Crippen molar-refractivity contribution in [1.82, 2.24) is 10.3 Å². The van der Waals surface area contributed by atoms with Crippen molar-refractivity contribution in [2.24, 2.45) is 5.41 Å². The molecule has 6 heteroatoms. The summed E-state index contributed by atoms with van der Waals surface area (Å²) >= 11 is 1.82. The maximum Gasteiger partial charge on any atom is 0.239 e. The second-order valence-corrected chi connectivity index (χ2v) is 10.3. The smallest absolute Gasteiger partial charge is 0.239 e. The third-order valence-corrected chi connectivity index (χ3v) is 6.65. The lowest BCUT2D eigenvalue weighted by Gasteiger charge is -2.37. The van der Waals surface area contributed by atoms with Crippen molar-refractivity contribution in [3.05, 3.63) is 71.8 Å². The second kappa shape index (κ2) is 8.68. The minimum absolute atomic E-state index is 0.304. The Hall–Kier alpha value is -3.30. The van der Waals surface area contributed by atoms with Crippen LogP contribution < -0.4 is 10.1 Å². The standard InChI is InChI=1S/C26H25N3O2S/c1-16(2)32-18-11-9-17(10-12-18)21-14-13-20-23(26(3,4)25(30)28-15-27)19-7-5-6-8-22(19)31-24(20)29-21/h5-14,16,23H,1-4H3,(H,28,30). The molecule has 32 heavy (non-hydrogen) atoms. The Labute approximate surface area is 192 Å². The highest BCUT2D eigenvalue weighted by Gasteiger charge is 2.44. The molecule has 0 fully saturated rings. The fraction of sp³-hybridized carbons (Fsp3) is 0.269. The van der Waals surface area contributed by atoms with Gasteiger partial charge in [-0.3, -0.25) is 10.1 Å². The molecule has 1 atom stereocenters. The van der Waals surface area contributed by atoms with E-state index in [2.05, 4.69) is 43.4 Å². The molecule has 1 amide bonds. The number of pyridine rings is 1. The average molecular weight is 444 g/mol. The van der Waals surface area contributed by atoms with E-state index in [9.17, 15) is 4.79 Å². The largest absolute Gasteiger partial charge is 0.438 e. The Morgan fingerprint density at radius 1 is 1.09 bits per heavy atom. The van der Waals surface area contributed by atoms with E-state index in [0.717, 1.165) is 22.4 Å². The molecule has 0 saturated heterocycles. The van der Waals surface area contributed by atoms with Crippen molar-refractivity contribution in [1.29, 1.82) is 5.26 Å². The number of benzene rings is 2. The maximum atomic E-state index is 12.8. The number of nitriles is 1. The van der Waals surface area contributed by atoms with Crippen LogP contribution in [0, 0.1) is 16.9 Å². The van der Waals surface area contributed by atoms with Crippen LogP contribution in [0.25, 0.3) is 11.3 Å². The highest BCUT2D eigenvalue weighted by Crippen LogP contribution is 2.51. The number of nitrogens with zero attached hydrogens (tertiary/aromatic N) is 2. The van der Waals surface area contributed by atoms with Crippen LogP contribution in [0.2, 0.25) is 0 Å². The number of para-hydroxylation sites is 1. The predicted octanol–water partition coefficient (Wildman–Crippen LogP) is 6.11. The number of carbonyl (C=O) groups is 1. The molecule has 2 aromatic carbocycles. The summed E-state index contributed by atoms with van der Waals surface area (Å²) in [4.78, 5) is 18.8. The summed E-state index contributed by atoms with van der Waals surface area (Å²) in [6, 6.07) is 20.0. The predicted molar refractivity (Wildman–Crippen MR) is 127 cm³/mol. The van der Waals surface area contributed by atoms with Crippen molar-refractivity contribution in [2.45, 2.75) is 43.8 Å². The molecule has 1 aromatic heterocycles. The number of thioether (sulfide) groups is 1. The van der Waals surface area contributed by atoms with E-state index in [0.29, 0.717) is 16.9 Å². The average Bonchev–Trinajstić information content (AvgIpc) is 2.77. The molecule has 1 aliphatic heterocycles. The molecule has 1 unspecified atom stereocenters. The Morgan fingerprint density at radius 3 is 2.50 bits per heavy atom. The summed E-state index contributed by atoms with van der Waals surface area (Å²) in [5.41, 5.74) is 2.66. The van der Waals surface area contributed by atoms with Gasteiger partial charge in [0.05, 0.1) is 11.1 Å². The number of carbonyl (C=O) groups excluding carboxylic acids is 1. The van der Waals surface area contributed by atoms with Crippen LogP contribution in [-0.4, -0.2) is 16.1 Å². The SMILES string of the molecule is CC(C)Sc1ccc(-c2ccc3c(n2)Oc2ccccc2C3C(C)(C)C(=O)NC#N)cc1. The van der Waals surface area contributed by atoms with Gasteiger partial charge in [-0.15, -0.1) is 11.8 Å². The molecule has 1 aliphatic rings. The van der Waals surface area contributed by atoms with Crippen molar-refractivity contribution in [3.8, 4) is 29.1 Å². The molecule has 4 rings (SSSR count). The fourth-order valence-electron chi connectivity index (χ4n) is 4.09. The van der Waals surface area contributed by atoms with Gasteiger partial charge in [0.25, 0.3) is 0 Å². The molecule has 5 nitrogen and oxygen atoms in total. The van der Waals surface area contributed by atoms with Crippen molar-refractivity contribution in [3.63, 3.8) is 0 Å². The van der Waals surface area contributed by atoms with E-state index in [1.54, 1.807) is 6.19 Å². The minimum atomic E-state index is -0.886. The number of fused-ring (bicyclic) bond motifs is 2. The lowest BCUT2D eigenvalue weighted by Crippen LogP contribution is -2.40. The number of amides is 1. The fourth-order valence-corrected chi connectivity index (χ4v) is 4.93. The molecule has 3 aromatic rings. The maximum absolute atomic E-state index is 12.8. The number of hydrogen-bond donors (Lipinski definition) is 1. The summed E-state index contributed by atoms with van der Waals surface area (Å²) in [6.45, 7) is 8.03. The quantitative estimate of drug-likeness (QED) is 0.292. The topological polar surface area (TPSA) is 75.0 Å². The van der Waals surface area contributed by atoms with E-state index >= 15 is 0 Å². The van der Waals surface area contributed by atoms with Crippen molar-refractivity contribution < 1.29 is 9.53 Å². The summed E-state index contributed by atoms with van der Waals surface area (Å²) in [7, 11) is 0. The Bertz CT molecular complexity index is 1200. The van der Waals surface area contributed by atoms with Gasteiger partial charge >= 0.3 is 0 Å². The van der Waals surface area contributed by atoms with Gasteiger partial charge in [-0.1, -0.05) is 64.1 Å². The third-order valence-electron chi connectivity index (χ3n) is 5.64. The monoisotopic (exact) mass is 443 g/mol. The van der Waals surface area contributed by atoms with E-state index in [-0.39, 0.29) is 11.8 Å². The normalized spacial score (nSPS) is 14.7. The van der Waals surface area contributed by atoms with E-state index < -0.39 is 5.41 Å². The number of rotatable bonds is 5. The number of nitrogens with one attached hydrogen (secondary N) is 1. The molecule has 1 N–H and O–H groups in total. The molecule has 0 aliphatic carbocycles. The Morgan fingerprint density at radius 2 is 1.81 bits per heavy atom. The van der Waals surface area contributed by atoms with Gasteiger partial charge in [-0.05, 0) is 24.3 Å². The molecule has 2 heterocycles. The van der Waals surface area contributed by atoms with Crippen LogP contribution in [0.4, 0.5) is 0 Å². The first-order valence-electron chi connectivity index (χ1n) is 10.6. The van der Waals surface area contributed by atoms with E-state index in [1.165, 1.54) is 4.90 Å². The van der Waals surface area contributed by atoms with Gasteiger partial charge in [0.2, 0.25) is 11.8 Å². The van der Waals surface area contributed by atoms with Gasteiger partial charge in [0, 0.05) is 32.8 Å². The molecular weight excluding hydrogens is 418 g/mol. The molecule has 0 saturated carbocycles. The first-order chi connectivity index (χ1) is 15.3. The minimum Gasteiger partial charge on any atom is -0.438 e. The Kier molecular flexibility index (Phi) is 5.94. The van der Waals surface area contributed by atoms with Crippen LogP contribution in [0.1, 0.15) is 44.7 Å². The molecular formula is C26H25N3O2S. The first kappa shape index (κ1) is 21.9. The van der Waals surface area contributed by atoms with Crippen molar-refractivity contribution >= 4 is 17.7 Å². The number of aromatic nitrogens is 1. The summed E-state index contributed by atoms with van der Waals surface area (Å²) in [5, 5.41) is 11.8. The third kappa shape index (κ3) is 4.09. The van der Waals surface area contributed by atoms with Crippen molar-refractivity contribution in [2.75, 3.05) is 0 Å². The lowest BCUT2D eigenvalue weighted by molar-refractivity contribution is -0.128. The first-order valence-corrected chi connectivity index (χ1v) is 11.4. The van der Waals surface area contributed by atoms with Crippen LogP contribution in [0.3, 0.4) is 0 Å². The van der Waals surface area contributed by atoms with Crippen LogP contribution >= 0.6 is 11.8 Å². The number of ether oxygens (including phenoxy) is 1. The zero-order chi connectivity index (χ0) is 22.9. The highest BCUT2D eigenvalue weighted by molar-refractivity contribution is 7.99. The summed E-state index contributed by atoms with van der Waals surface area (Å²) < 4.78 is 6.17.